The highest BCUT2D eigenvalue weighted by molar-refractivity contribution is 5.98. The van der Waals surface area contributed by atoms with E-state index in [0.29, 0.717) is 0 Å². The number of aromatic carboxylic acids is 2. The van der Waals surface area contributed by atoms with Crippen molar-refractivity contribution < 1.29 is 24.2 Å². The van der Waals surface area contributed by atoms with E-state index in [1.807, 2.05) is 6.92 Å². The lowest BCUT2D eigenvalue weighted by molar-refractivity contribution is 0.0621. The van der Waals surface area contributed by atoms with Crippen LogP contribution in [0, 0.1) is 0 Å². The Bertz CT molecular complexity index is 453. The number of carboxylic acid groups (broad SMARTS) is 2. The monoisotopic (exact) mass is 253 g/mol. The summed E-state index contributed by atoms with van der Waals surface area (Å²) in [5.74, 6) is -3.07. The molecule has 0 saturated heterocycles. The summed E-state index contributed by atoms with van der Waals surface area (Å²) in [6, 6.07) is 0. The van der Waals surface area contributed by atoms with Gasteiger partial charge in [-0.15, -0.1) is 0 Å². The van der Waals surface area contributed by atoms with E-state index in [9.17, 15) is 9.59 Å². The van der Waals surface area contributed by atoms with Crippen LogP contribution in [0.2, 0.25) is 0 Å². The van der Waals surface area contributed by atoms with E-state index in [1.165, 1.54) is 0 Å². The van der Waals surface area contributed by atoms with Crippen molar-refractivity contribution in [2.45, 2.75) is 44.4 Å². The van der Waals surface area contributed by atoms with Gasteiger partial charge in [0.25, 0.3) is 0 Å². The first-order valence-electron chi connectivity index (χ1n) is 5.98. The van der Waals surface area contributed by atoms with E-state index in [2.05, 4.69) is 4.98 Å². The van der Waals surface area contributed by atoms with Gasteiger partial charge in [-0.05, 0) is 19.3 Å². The molecule has 1 heterocycles. The molecule has 0 atom stereocenters. The Morgan fingerprint density at radius 1 is 1.28 bits per heavy atom. The fourth-order valence-corrected chi connectivity index (χ4v) is 2.61. The van der Waals surface area contributed by atoms with E-state index in [-0.39, 0.29) is 11.3 Å². The molecule has 1 aromatic heterocycles. The third-order valence-corrected chi connectivity index (χ3v) is 3.72. The Morgan fingerprint density at radius 3 is 2.28 bits per heavy atom. The maximum atomic E-state index is 11.0. The quantitative estimate of drug-likeness (QED) is 0.853. The van der Waals surface area contributed by atoms with Gasteiger partial charge in [0, 0.05) is 5.41 Å². The first-order valence-corrected chi connectivity index (χ1v) is 5.98. The van der Waals surface area contributed by atoms with E-state index in [4.69, 9.17) is 14.6 Å². The molecule has 2 rings (SSSR count). The number of aromatic nitrogens is 1. The third kappa shape index (κ3) is 1.87. The van der Waals surface area contributed by atoms with Crippen LogP contribution >= 0.6 is 0 Å². The van der Waals surface area contributed by atoms with E-state index >= 15 is 0 Å². The number of nitrogens with zero attached hydrogens (tertiary/aromatic N) is 1. The highest BCUT2D eigenvalue weighted by Crippen LogP contribution is 2.43. The van der Waals surface area contributed by atoms with Crippen LogP contribution < -0.4 is 0 Å². The molecule has 1 aliphatic carbocycles. The number of hydrogen-bond donors (Lipinski definition) is 2. The average molecular weight is 253 g/mol. The van der Waals surface area contributed by atoms with Gasteiger partial charge >= 0.3 is 11.9 Å². The molecule has 6 heteroatoms. The number of carboxylic acids is 2. The van der Waals surface area contributed by atoms with Crippen molar-refractivity contribution >= 4 is 11.9 Å². The smallest absolute Gasteiger partial charge is 0.374 e. The molecule has 0 aliphatic heterocycles. The van der Waals surface area contributed by atoms with Crippen LogP contribution in [0.15, 0.2) is 4.42 Å². The SMILES string of the molecule is CCC1(c2nc(C(=O)O)c(C(=O)O)o2)CCCC1. The Hall–Kier alpha value is -1.85. The molecule has 2 N–H and O–H groups in total. The average Bonchev–Trinajstić information content (AvgIpc) is 2.96. The minimum Gasteiger partial charge on any atom is -0.476 e. The molecule has 6 nitrogen and oxygen atoms in total. The number of hydrogen-bond acceptors (Lipinski definition) is 4. The number of oxazole rings is 1. The minimum absolute atomic E-state index is 0.261. The van der Waals surface area contributed by atoms with Gasteiger partial charge in [0.1, 0.15) is 0 Å². The first kappa shape index (κ1) is 12.6. The second-order valence-electron chi connectivity index (χ2n) is 4.65. The molecule has 0 aromatic carbocycles. The van der Waals surface area contributed by atoms with E-state index in [1.54, 1.807) is 0 Å². The summed E-state index contributed by atoms with van der Waals surface area (Å²) in [6.07, 6.45) is 4.55. The molecule has 98 valence electrons. The topological polar surface area (TPSA) is 101 Å². The molecule has 0 unspecified atom stereocenters. The molecule has 0 amide bonds. The van der Waals surface area contributed by atoms with Gasteiger partial charge in [-0.25, -0.2) is 14.6 Å². The zero-order valence-corrected chi connectivity index (χ0v) is 10.1. The van der Waals surface area contributed by atoms with Crippen LogP contribution in [0.25, 0.3) is 0 Å². The Kier molecular flexibility index (Phi) is 3.11. The van der Waals surface area contributed by atoms with E-state index in [0.717, 1.165) is 32.1 Å². The van der Waals surface area contributed by atoms with Crippen molar-refractivity contribution in [1.29, 1.82) is 0 Å². The van der Waals surface area contributed by atoms with Crippen LogP contribution in [0.3, 0.4) is 0 Å². The van der Waals surface area contributed by atoms with Gasteiger partial charge in [0.05, 0.1) is 0 Å². The highest BCUT2D eigenvalue weighted by atomic mass is 16.4. The zero-order valence-electron chi connectivity index (χ0n) is 10.1. The summed E-state index contributed by atoms with van der Waals surface area (Å²) in [4.78, 5) is 25.8. The summed E-state index contributed by atoms with van der Waals surface area (Å²) in [7, 11) is 0. The molecular formula is C12H15NO5. The molecule has 1 fully saturated rings. The van der Waals surface area contributed by atoms with E-state index < -0.39 is 23.4 Å². The largest absolute Gasteiger partial charge is 0.476 e. The van der Waals surface area contributed by atoms with Gasteiger partial charge in [0.15, 0.2) is 0 Å². The lowest BCUT2D eigenvalue weighted by atomic mass is 9.83. The minimum atomic E-state index is -1.39. The number of carbonyl (C=O) groups is 2. The predicted molar refractivity (Wildman–Crippen MR) is 60.9 cm³/mol. The van der Waals surface area contributed by atoms with Gasteiger partial charge in [-0.3, -0.25) is 0 Å². The summed E-state index contributed by atoms with van der Waals surface area (Å²) in [6.45, 7) is 1.98. The van der Waals surface area contributed by atoms with Gasteiger partial charge in [-0.2, -0.15) is 0 Å². The molecule has 0 radical (unpaired) electrons. The van der Waals surface area contributed by atoms with Crippen molar-refractivity contribution in [3.8, 4) is 0 Å². The van der Waals surface area contributed by atoms with Gasteiger partial charge < -0.3 is 14.6 Å². The van der Waals surface area contributed by atoms with Crippen LogP contribution in [-0.4, -0.2) is 27.1 Å². The molecular weight excluding hydrogens is 238 g/mol. The van der Waals surface area contributed by atoms with Crippen LogP contribution in [-0.2, 0) is 5.41 Å². The second-order valence-corrected chi connectivity index (χ2v) is 4.65. The Balaban J connectivity index is 2.49. The maximum absolute atomic E-state index is 11.0. The normalized spacial score (nSPS) is 17.8. The Morgan fingerprint density at radius 2 is 1.89 bits per heavy atom. The first-order chi connectivity index (χ1) is 8.50. The fourth-order valence-electron chi connectivity index (χ4n) is 2.61. The maximum Gasteiger partial charge on any atom is 0.374 e. The lowest BCUT2D eigenvalue weighted by Gasteiger charge is -2.22. The molecule has 1 aliphatic rings. The van der Waals surface area contributed by atoms with Crippen molar-refractivity contribution in [1.82, 2.24) is 4.98 Å². The standard InChI is InChI=1S/C12H15NO5/c1-2-12(5-3-4-6-12)11-13-7(9(14)15)8(18-11)10(16)17/h2-6H2,1H3,(H,14,15)(H,16,17). The molecule has 1 aromatic rings. The molecule has 0 spiro atoms. The Labute approximate surface area is 104 Å². The summed E-state index contributed by atoms with van der Waals surface area (Å²) in [5.41, 5.74) is -0.796. The van der Waals surface area contributed by atoms with Gasteiger partial charge in [-0.1, -0.05) is 19.8 Å². The lowest BCUT2D eigenvalue weighted by Crippen LogP contribution is -2.21. The van der Waals surface area contributed by atoms with Crippen molar-refractivity contribution in [2.24, 2.45) is 0 Å². The zero-order chi connectivity index (χ0) is 13.3. The van der Waals surface area contributed by atoms with Gasteiger partial charge in [0.2, 0.25) is 17.3 Å². The summed E-state index contributed by atoms with van der Waals surface area (Å²) in [5, 5.41) is 17.9. The number of rotatable bonds is 4. The van der Waals surface area contributed by atoms with Crippen LogP contribution in [0.5, 0.6) is 0 Å². The highest BCUT2D eigenvalue weighted by Gasteiger charge is 2.40. The molecule has 0 bridgehead atoms. The van der Waals surface area contributed by atoms with Crippen molar-refractivity contribution in [3.05, 3.63) is 17.3 Å². The predicted octanol–water partition coefficient (Wildman–Crippen LogP) is 2.29. The second kappa shape index (κ2) is 4.44. The molecule has 18 heavy (non-hydrogen) atoms. The fraction of sp³-hybridized carbons (Fsp3) is 0.583. The van der Waals surface area contributed by atoms with Crippen molar-refractivity contribution in [3.63, 3.8) is 0 Å². The summed E-state index contributed by atoms with van der Waals surface area (Å²) >= 11 is 0. The van der Waals surface area contributed by atoms with Crippen molar-refractivity contribution in [2.75, 3.05) is 0 Å². The van der Waals surface area contributed by atoms with Crippen LogP contribution in [0.4, 0.5) is 0 Å². The van der Waals surface area contributed by atoms with Crippen LogP contribution in [0.1, 0.15) is 66.0 Å². The third-order valence-electron chi connectivity index (χ3n) is 3.72. The molecule has 1 saturated carbocycles. The summed E-state index contributed by atoms with van der Waals surface area (Å²) < 4.78 is 5.22.